The number of nitrogens with one attached hydrogen (secondary N) is 16. The van der Waals surface area contributed by atoms with E-state index in [-0.39, 0.29) is 75.5 Å². The zero-order chi connectivity index (χ0) is 98.1. The van der Waals surface area contributed by atoms with E-state index in [4.69, 9.17) is 17.2 Å². The third-order valence-corrected chi connectivity index (χ3v) is 24.0. The van der Waals surface area contributed by atoms with Gasteiger partial charge < -0.3 is 107 Å². The highest BCUT2D eigenvalue weighted by molar-refractivity contribution is 6.01. The fourth-order valence-corrected chi connectivity index (χ4v) is 14.5. The summed E-state index contributed by atoms with van der Waals surface area (Å²) in [6.45, 7) is 37.2. The lowest BCUT2D eigenvalue weighted by molar-refractivity contribution is -0.138. The van der Waals surface area contributed by atoms with Crippen molar-refractivity contribution in [3.63, 3.8) is 0 Å². The molecule has 0 saturated heterocycles. The minimum absolute atomic E-state index is 0.0195. The first-order valence-electron chi connectivity index (χ1n) is 46.0. The molecule has 0 fully saturated rings. The first kappa shape index (κ1) is 114. The van der Waals surface area contributed by atoms with Gasteiger partial charge in [0.25, 0.3) is 0 Å². The Bertz CT molecular complexity index is 4060. The number of aliphatic hydroxyl groups is 1. The van der Waals surface area contributed by atoms with Gasteiger partial charge in [0.1, 0.15) is 84.6 Å². The van der Waals surface area contributed by atoms with E-state index in [0.29, 0.717) is 25.7 Å². The summed E-state index contributed by atoms with van der Waals surface area (Å²) < 4.78 is 0. The fraction of sp³-hybridized carbons (Fsp3) is 0.714. The maximum Gasteiger partial charge on any atom is 0.243 e. The summed E-state index contributed by atoms with van der Waals surface area (Å²) in [4.78, 5) is 256. The van der Waals surface area contributed by atoms with E-state index < -0.39 is 271 Å². The maximum atomic E-state index is 14.9. The number of aliphatic hydroxyl groups excluding tert-OH is 1. The summed E-state index contributed by atoms with van der Waals surface area (Å²) in [5.74, 6) is -19.3. The molecule has 0 spiro atoms. The van der Waals surface area contributed by atoms with Crippen molar-refractivity contribution in [1.29, 1.82) is 0 Å². The van der Waals surface area contributed by atoms with Crippen LogP contribution in [-0.4, -0.2) is 214 Å². The Labute approximate surface area is 761 Å². The molecule has 0 aliphatic rings. The number of para-hydroxylation sites is 1. The number of aromatic nitrogens is 1. The number of H-pyrrole nitrogens is 1. The van der Waals surface area contributed by atoms with Crippen molar-refractivity contribution in [3.8, 4) is 0 Å². The normalized spacial score (nSPS) is 16.6. The standard InChI is InChI=1S/C91H155N19O19/c1-23-49(14)71(85(123)99-62(34-37-68(92)113)79(117)98-59(45-111)40-46(8)9)106-83(121)65(41-47(10)11)102-80(118)63(35-38-69(93)114)100-87(125)73(51(16)25-3)108-91(129)77(55(20)29-7)110-90(128)76(54(19)28-6)105-81(119)64(36-39-70(94)115)101-86(124)72(50(15)24-2)107-84(122)66(42-48(12)13)103-88(126)74(52(17)26-4)109-89(127)75(53(18)27-5)104-78(116)56(21)96-82(120)67(97-57(22)112)43-58-44-95-61-33-31-30-32-60(58)61/h30-33,44,46-56,59,62-67,71-77,95,111H,23-29,34-43,45H2,1-22H3,(H2,92,113)(H2,93,114)(H2,94,115)(H,96,120)(H,97,112)(H,98,117)(H,99,123)(H,100,125)(H,101,124)(H,102,118)(H,103,126)(H,104,116)(H,105,119)(H,106,121)(H,107,122)(H,108,129)(H,109,127)(H,110,128)/t49-,50-,51-,52-,53-,54-,55-,56-,59-,62-,63-,64-,65-,66-,67-,71-,72-,73-,74-,75-,76-,77-/m0/s1. The number of aromatic amines is 1. The predicted molar refractivity (Wildman–Crippen MR) is 489 cm³/mol. The Hall–Kier alpha value is -10.8. The molecule has 1 aromatic carbocycles. The number of primary amides is 3. The van der Waals surface area contributed by atoms with Gasteiger partial charge in [0, 0.05) is 49.7 Å². The summed E-state index contributed by atoms with van der Waals surface area (Å²) >= 11 is 0. The summed E-state index contributed by atoms with van der Waals surface area (Å²) in [5, 5.41) is 51.7. The van der Waals surface area contributed by atoms with E-state index >= 15 is 0 Å². The van der Waals surface area contributed by atoms with Gasteiger partial charge in [0.2, 0.25) is 106 Å². The summed E-state index contributed by atoms with van der Waals surface area (Å²) in [6, 6.07) is -12.4. The highest BCUT2D eigenvalue weighted by Crippen LogP contribution is 2.23. The molecule has 2 rings (SSSR count). The number of carbonyl (C=O) groups excluding carboxylic acids is 18. The molecule has 23 N–H and O–H groups in total. The molecule has 18 amide bonds. The Kier molecular flexibility index (Phi) is 50.7. The molecular formula is C91H155N19O19. The molecule has 1 aromatic heterocycles. The van der Waals surface area contributed by atoms with Gasteiger partial charge in [-0.1, -0.05) is 202 Å². The lowest BCUT2D eigenvalue weighted by Crippen LogP contribution is -2.63. The van der Waals surface area contributed by atoms with Gasteiger partial charge in [-0.3, -0.25) is 86.3 Å². The van der Waals surface area contributed by atoms with Crippen LogP contribution in [0, 0.1) is 59.2 Å². The molecule has 0 aliphatic heterocycles. The van der Waals surface area contributed by atoms with Gasteiger partial charge >= 0.3 is 0 Å². The molecular weight excluding hydrogens is 1660 g/mol. The number of nitrogens with two attached hydrogens (primary N) is 3. The Morgan fingerprint density at radius 1 is 0.310 bits per heavy atom. The average Bonchev–Trinajstić information content (AvgIpc) is 1.77. The van der Waals surface area contributed by atoms with Crippen LogP contribution < -0.4 is 97.0 Å². The van der Waals surface area contributed by atoms with Crippen LogP contribution >= 0.6 is 0 Å². The molecule has 2 aromatic rings. The zero-order valence-corrected chi connectivity index (χ0v) is 80.1. The molecule has 1 heterocycles. The van der Waals surface area contributed by atoms with E-state index in [9.17, 15) is 91.4 Å². The lowest BCUT2D eigenvalue weighted by atomic mass is 9.93. The van der Waals surface area contributed by atoms with Crippen molar-refractivity contribution in [3.05, 3.63) is 36.0 Å². The van der Waals surface area contributed by atoms with Gasteiger partial charge in [-0.05, 0) is 116 Å². The van der Waals surface area contributed by atoms with E-state index in [2.05, 4.69) is 84.7 Å². The van der Waals surface area contributed by atoms with Crippen LogP contribution in [0.4, 0.5) is 0 Å². The van der Waals surface area contributed by atoms with Crippen LogP contribution in [0.2, 0.25) is 0 Å². The van der Waals surface area contributed by atoms with Crippen molar-refractivity contribution < 1.29 is 91.4 Å². The third kappa shape index (κ3) is 38.8. The number of benzene rings is 1. The van der Waals surface area contributed by atoms with Crippen molar-refractivity contribution in [2.45, 2.75) is 352 Å². The van der Waals surface area contributed by atoms with Crippen LogP contribution in [0.15, 0.2) is 30.5 Å². The highest BCUT2D eigenvalue weighted by Gasteiger charge is 2.43. The Balaban J connectivity index is 2.54. The summed E-state index contributed by atoms with van der Waals surface area (Å²) in [6.07, 6.45) is 2.11. The first-order chi connectivity index (χ1) is 60.5. The molecule has 0 unspecified atom stereocenters. The zero-order valence-electron chi connectivity index (χ0n) is 80.1. The topological polar surface area (TPSA) is 602 Å². The molecule has 38 heteroatoms. The molecule has 22 atom stereocenters. The first-order valence-corrected chi connectivity index (χ1v) is 46.0. The highest BCUT2D eigenvalue weighted by atomic mass is 16.3. The molecule has 0 aliphatic carbocycles. The van der Waals surface area contributed by atoms with Crippen LogP contribution in [-0.2, 0) is 92.7 Å². The van der Waals surface area contributed by atoms with Crippen LogP contribution in [0.1, 0.15) is 261 Å². The molecule has 0 radical (unpaired) electrons. The monoisotopic (exact) mass is 1820 g/mol. The molecule has 129 heavy (non-hydrogen) atoms. The van der Waals surface area contributed by atoms with Crippen LogP contribution in [0.3, 0.4) is 0 Å². The largest absolute Gasteiger partial charge is 0.394 e. The van der Waals surface area contributed by atoms with E-state index in [1.165, 1.54) is 13.8 Å². The van der Waals surface area contributed by atoms with E-state index in [0.717, 1.165) is 16.5 Å². The smallest absolute Gasteiger partial charge is 0.243 e. The quantitative estimate of drug-likeness (QED) is 0.0452. The SMILES string of the molecule is CC[C@H](C)[C@H](NC(=O)[C@H](C)NC(=O)[C@H](Cc1c[nH]c2ccccc12)NC(C)=O)C(=O)N[C@H](C(=O)N[C@@H](CC(C)C)C(=O)N[C@H](C(=O)N[C@@H](CCC(N)=O)C(=O)N[C@H](C(=O)N[C@H](C(=O)N[C@H](C(=O)N[C@@H](CCC(N)=O)C(=O)N[C@@H](CC(C)C)C(=O)N[C@H](C(=O)N[C@@H](CCC(N)=O)C(=O)N[C@H](CO)CC(C)C)[C@@H](C)CC)[C@@H](C)CC)[C@@H](C)CC)[C@@H](C)CC)[C@@H](C)CC)[C@@H](C)CC. The fourth-order valence-electron chi connectivity index (χ4n) is 14.5. The minimum atomic E-state index is -1.60. The second-order valence-corrected chi connectivity index (χ2v) is 36.2. The number of amides is 18. The molecule has 38 nitrogen and oxygen atoms in total. The second kappa shape index (κ2) is 57.3. The predicted octanol–water partition coefficient (Wildman–Crippen LogP) is 2.27. The Morgan fingerprint density at radius 2 is 0.566 bits per heavy atom. The van der Waals surface area contributed by atoms with Crippen LogP contribution in [0.5, 0.6) is 0 Å². The molecule has 0 bridgehead atoms. The van der Waals surface area contributed by atoms with Gasteiger partial charge in [-0.25, -0.2) is 0 Å². The van der Waals surface area contributed by atoms with E-state index in [1.807, 2.05) is 38.1 Å². The van der Waals surface area contributed by atoms with Crippen molar-refractivity contribution in [1.82, 2.24) is 84.7 Å². The lowest BCUT2D eigenvalue weighted by Gasteiger charge is -2.33. The number of fused-ring (bicyclic) bond motifs is 1. The van der Waals surface area contributed by atoms with Gasteiger partial charge in [0.15, 0.2) is 0 Å². The van der Waals surface area contributed by atoms with Crippen molar-refractivity contribution in [2.75, 3.05) is 6.61 Å². The van der Waals surface area contributed by atoms with Gasteiger partial charge in [-0.2, -0.15) is 0 Å². The van der Waals surface area contributed by atoms with E-state index in [1.54, 1.807) is 131 Å². The third-order valence-electron chi connectivity index (χ3n) is 24.0. The maximum absolute atomic E-state index is 14.9. The van der Waals surface area contributed by atoms with Gasteiger partial charge in [-0.15, -0.1) is 0 Å². The number of hydrogen-bond donors (Lipinski definition) is 20. The minimum Gasteiger partial charge on any atom is -0.394 e. The van der Waals surface area contributed by atoms with Gasteiger partial charge in [0.05, 0.1) is 12.6 Å². The summed E-state index contributed by atoms with van der Waals surface area (Å²) in [5.41, 5.74) is 18.3. The number of carbonyl (C=O) groups is 18. The molecule has 0 saturated carbocycles. The summed E-state index contributed by atoms with van der Waals surface area (Å²) in [7, 11) is 0. The van der Waals surface area contributed by atoms with Crippen molar-refractivity contribution in [2.24, 2.45) is 76.4 Å². The number of rotatable bonds is 61. The number of hydrogen-bond acceptors (Lipinski definition) is 19. The van der Waals surface area contributed by atoms with Crippen LogP contribution in [0.25, 0.3) is 10.9 Å². The Morgan fingerprint density at radius 3 is 0.860 bits per heavy atom. The average molecular weight is 1820 g/mol. The van der Waals surface area contributed by atoms with Crippen molar-refractivity contribution >= 4 is 117 Å². The second-order valence-electron chi connectivity index (χ2n) is 36.2. The molecule has 728 valence electrons.